The van der Waals surface area contributed by atoms with Gasteiger partial charge in [-0.05, 0) is 19.4 Å². The van der Waals surface area contributed by atoms with E-state index in [1.807, 2.05) is 37.3 Å². The number of anilines is 1. The van der Waals surface area contributed by atoms with Crippen LogP contribution in [0.1, 0.15) is 21.7 Å². The van der Waals surface area contributed by atoms with Gasteiger partial charge >= 0.3 is 0 Å². The molecule has 3 aromatic heterocycles. The van der Waals surface area contributed by atoms with Gasteiger partial charge in [0.05, 0.1) is 19.0 Å². The van der Waals surface area contributed by atoms with Crippen molar-refractivity contribution < 1.29 is 9.53 Å². The molecule has 0 aliphatic heterocycles. The van der Waals surface area contributed by atoms with Crippen LogP contribution in [0.15, 0.2) is 53.6 Å². The predicted molar refractivity (Wildman–Crippen MR) is 109 cm³/mol. The number of carbonyl (C=O) groups is 1. The first-order valence-electron chi connectivity index (χ1n) is 8.98. The summed E-state index contributed by atoms with van der Waals surface area (Å²) in [6.07, 6.45) is 3.01. The fourth-order valence-corrected chi connectivity index (χ4v) is 3.34. The topological polar surface area (TPSA) is 101 Å². The smallest absolute Gasteiger partial charge is 0.285 e. The minimum atomic E-state index is -0.575. The van der Waals surface area contributed by atoms with Crippen molar-refractivity contribution in [1.82, 2.24) is 19.6 Å². The highest BCUT2D eigenvalue weighted by molar-refractivity contribution is 6.05. The molecule has 0 saturated heterocycles. The van der Waals surface area contributed by atoms with Crippen molar-refractivity contribution in [1.29, 1.82) is 0 Å². The number of aromatic amines is 1. The Morgan fingerprint density at radius 3 is 2.66 bits per heavy atom. The van der Waals surface area contributed by atoms with Gasteiger partial charge in [0.1, 0.15) is 17.0 Å². The minimum absolute atomic E-state index is 0.0470. The molecule has 146 valence electrons. The van der Waals surface area contributed by atoms with Gasteiger partial charge in [0.25, 0.3) is 11.5 Å². The van der Waals surface area contributed by atoms with E-state index in [1.54, 1.807) is 19.2 Å². The van der Waals surface area contributed by atoms with E-state index in [9.17, 15) is 9.59 Å². The monoisotopic (exact) mass is 389 g/mol. The number of methoxy groups -OCH3 is 1. The maximum Gasteiger partial charge on any atom is 0.285 e. The molecule has 8 nitrogen and oxygen atoms in total. The van der Waals surface area contributed by atoms with Crippen LogP contribution in [0.5, 0.6) is 5.75 Å². The second kappa shape index (κ2) is 7.23. The second-order valence-electron chi connectivity index (χ2n) is 6.54. The number of rotatable bonds is 4. The maximum absolute atomic E-state index is 13.1. The Kier molecular flexibility index (Phi) is 4.59. The van der Waals surface area contributed by atoms with Gasteiger partial charge in [0, 0.05) is 23.5 Å². The summed E-state index contributed by atoms with van der Waals surface area (Å²) in [6, 6.07) is 11.3. The van der Waals surface area contributed by atoms with Gasteiger partial charge < -0.3 is 10.1 Å². The van der Waals surface area contributed by atoms with E-state index in [0.717, 1.165) is 16.8 Å². The highest BCUT2D eigenvalue weighted by atomic mass is 16.5. The number of aryl methyl sites for hydroxylation is 2. The molecule has 2 N–H and O–H groups in total. The van der Waals surface area contributed by atoms with Crippen molar-refractivity contribution >= 4 is 17.2 Å². The Labute approximate surface area is 166 Å². The number of benzene rings is 1. The lowest BCUT2D eigenvalue weighted by molar-refractivity contribution is 0.102. The number of nitrogens with one attached hydrogen (secondary N) is 2. The fraction of sp³-hybridized carbons (Fsp3) is 0.143. The fourth-order valence-electron chi connectivity index (χ4n) is 3.34. The third-order valence-corrected chi connectivity index (χ3v) is 4.68. The maximum atomic E-state index is 13.1. The van der Waals surface area contributed by atoms with Crippen molar-refractivity contribution in [2.45, 2.75) is 13.8 Å². The van der Waals surface area contributed by atoms with E-state index in [4.69, 9.17) is 4.74 Å². The van der Waals surface area contributed by atoms with E-state index in [2.05, 4.69) is 20.4 Å². The molecule has 0 aliphatic rings. The Bertz CT molecular complexity index is 1270. The average Bonchev–Trinajstić information content (AvgIpc) is 3.05. The molecule has 8 heteroatoms. The van der Waals surface area contributed by atoms with E-state index in [0.29, 0.717) is 22.8 Å². The highest BCUT2D eigenvalue weighted by Crippen LogP contribution is 2.27. The minimum Gasteiger partial charge on any atom is -0.494 e. The van der Waals surface area contributed by atoms with Gasteiger partial charge in [0.2, 0.25) is 0 Å². The highest BCUT2D eigenvalue weighted by Gasteiger charge is 2.22. The molecule has 29 heavy (non-hydrogen) atoms. The van der Waals surface area contributed by atoms with E-state index in [-0.39, 0.29) is 5.56 Å². The zero-order valence-corrected chi connectivity index (χ0v) is 16.2. The van der Waals surface area contributed by atoms with Crippen LogP contribution in [-0.4, -0.2) is 32.6 Å². The largest absolute Gasteiger partial charge is 0.494 e. The van der Waals surface area contributed by atoms with Crippen molar-refractivity contribution in [2.75, 3.05) is 12.4 Å². The Balaban J connectivity index is 1.83. The van der Waals surface area contributed by atoms with E-state index < -0.39 is 11.5 Å². The normalized spacial score (nSPS) is 10.9. The average molecular weight is 389 g/mol. The van der Waals surface area contributed by atoms with Gasteiger partial charge in [-0.3, -0.25) is 19.7 Å². The lowest BCUT2D eigenvalue weighted by atomic mass is 10.1. The van der Waals surface area contributed by atoms with Crippen LogP contribution in [-0.2, 0) is 0 Å². The SMILES string of the molecule is COc1ccncc1NC(=O)c1c(C)nc2c(-c3ccccc3)c(C)[nH]n2c1=O. The summed E-state index contributed by atoms with van der Waals surface area (Å²) < 4.78 is 6.53. The Morgan fingerprint density at radius 2 is 1.93 bits per heavy atom. The summed E-state index contributed by atoms with van der Waals surface area (Å²) in [5.74, 6) is -0.128. The number of hydrogen-bond acceptors (Lipinski definition) is 5. The van der Waals surface area contributed by atoms with Crippen LogP contribution in [0.3, 0.4) is 0 Å². The molecule has 0 unspecified atom stereocenters. The molecular formula is C21H19N5O3. The number of aromatic nitrogens is 4. The van der Waals surface area contributed by atoms with Crippen LogP contribution >= 0.6 is 0 Å². The Hall–Kier alpha value is -3.94. The standard InChI is InChI=1S/C21H19N5O3/c1-12-18(20(27)24-15-11-22-10-9-16(15)29-3)21(28)26-19(23-12)17(13(2)25-26)14-7-5-4-6-8-14/h4-11,25H,1-3H3,(H,24,27). The number of ether oxygens (including phenoxy) is 1. The molecule has 0 bridgehead atoms. The third-order valence-electron chi connectivity index (χ3n) is 4.68. The number of pyridine rings is 1. The molecule has 4 aromatic rings. The molecule has 0 radical (unpaired) electrons. The van der Waals surface area contributed by atoms with Crippen LogP contribution in [0.4, 0.5) is 5.69 Å². The molecular weight excluding hydrogens is 370 g/mol. The molecule has 0 spiro atoms. The van der Waals surface area contributed by atoms with Crippen LogP contribution in [0, 0.1) is 13.8 Å². The third kappa shape index (κ3) is 3.14. The summed E-state index contributed by atoms with van der Waals surface area (Å²) in [7, 11) is 1.49. The lowest BCUT2D eigenvalue weighted by Gasteiger charge is -2.10. The quantitative estimate of drug-likeness (QED) is 0.559. The lowest BCUT2D eigenvalue weighted by Crippen LogP contribution is -2.29. The zero-order chi connectivity index (χ0) is 20.5. The molecule has 4 rings (SSSR count). The second-order valence-corrected chi connectivity index (χ2v) is 6.54. The molecule has 0 saturated carbocycles. The molecule has 0 fully saturated rings. The van der Waals surface area contributed by atoms with Crippen LogP contribution in [0.25, 0.3) is 16.8 Å². The van der Waals surface area contributed by atoms with E-state index >= 15 is 0 Å². The van der Waals surface area contributed by atoms with Gasteiger partial charge in [-0.25, -0.2) is 9.50 Å². The van der Waals surface area contributed by atoms with Crippen molar-refractivity contribution in [3.8, 4) is 16.9 Å². The number of nitrogens with zero attached hydrogens (tertiary/aromatic N) is 3. The summed E-state index contributed by atoms with van der Waals surface area (Å²) in [4.78, 5) is 34.5. The van der Waals surface area contributed by atoms with Crippen molar-refractivity contribution in [3.63, 3.8) is 0 Å². The molecule has 3 heterocycles. The van der Waals surface area contributed by atoms with Gasteiger partial charge in [-0.1, -0.05) is 30.3 Å². The molecule has 1 amide bonds. The van der Waals surface area contributed by atoms with Crippen LogP contribution in [0.2, 0.25) is 0 Å². The number of amides is 1. The predicted octanol–water partition coefficient (Wildman–Crippen LogP) is 2.96. The first-order valence-corrected chi connectivity index (χ1v) is 8.98. The number of hydrogen-bond donors (Lipinski definition) is 2. The molecule has 1 aromatic carbocycles. The summed E-state index contributed by atoms with van der Waals surface area (Å²) in [5.41, 5.74) is 3.22. The first-order chi connectivity index (χ1) is 14.0. The van der Waals surface area contributed by atoms with Crippen molar-refractivity contribution in [3.05, 3.63) is 76.1 Å². The van der Waals surface area contributed by atoms with Gasteiger partial charge in [-0.2, -0.15) is 0 Å². The van der Waals surface area contributed by atoms with Gasteiger partial charge in [-0.15, -0.1) is 0 Å². The van der Waals surface area contributed by atoms with Crippen LogP contribution < -0.4 is 15.6 Å². The molecule has 0 aliphatic carbocycles. The summed E-state index contributed by atoms with van der Waals surface area (Å²) in [5, 5.41) is 5.71. The summed E-state index contributed by atoms with van der Waals surface area (Å²) in [6.45, 7) is 3.51. The number of fused-ring (bicyclic) bond motifs is 1. The Morgan fingerprint density at radius 1 is 1.17 bits per heavy atom. The molecule has 0 atom stereocenters. The number of carbonyl (C=O) groups excluding carboxylic acids is 1. The zero-order valence-electron chi connectivity index (χ0n) is 16.2. The van der Waals surface area contributed by atoms with E-state index in [1.165, 1.54) is 17.8 Å². The number of H-pyrrole nitrogens is 1. The first kappa shape index (κ1) is 18.4. The van der Waals surface area contributed by atoms with Crippen molar-refractivity contribution in [2.24, 2.45) is 0 Å². The van der Waals surface area contributed by atoms with Gasteiger partial charge in [0.15, 0.2) is 5.65 Å². The summed E-state index contributed by atoms with van der Waals surface area (Å²) >= 11 is 0.